The predicted molar refractivity (Wildman–Crippen MR) is 117 cm³/mol. The van der Waals surface area contributed by atoms with Crippen LogP contribution in [0.25, 0.3) is 0 Å². The fraction of sp³-hybridized carbons (Fsp3) is 0.409. The summed E-state index contributed by atoms with van der Waals surface area (Å²) in [6.45, 7) is 3.15. The minimum atomic E-state index is -0.553. The third kappa shape index (κ3) is 4.13. The van der Waals surface area contributed by atoms with Gasteiger partial charge in [0.15, 0.2) is 0 Å². The van der Waals surface area contributed by atoms with E-state index < -0.39 is 6.04 Å². The van der Waals surface area contributed by atoms with Gasteiger partial charge in [0.1, 0.15) is 0 Å². The summed E-state index contributed by atoms with van der Waals surface area (Å²) < 4.78 is 1.82. The number of fused-ring (bicyclic) bond motifs is 4. The van der Waals surface area contributed by atoms with Gasteiger partial charge in [-0.2, -0.15) is 0 Å². The van der Waals surface area contributed by atoms with Crippen LogP contribution in [0.5, 0.6) is 0 Å². The molecular formula is C22H27ClN4O3. The van der Waals surface area contributed by atoms with Crippen LogP contribution in [0.3, 0.4) is 0 Å². The Morgan fingerprint density at radius 1 is 1.13 bits per heavy atom. The van der Waals surface area contributed by atoms with Gasteiger partial charge in [0.25, 0.3) is 11.5 Å². The van der Waals surface area contributed by atoms with E-state index in [1.165, 1.54) is 0 Å². The first-order chi connectivity index (χ1) is 14.0. The summed E-state index contributed by atoms with van der Waals surface area (Å²) in [5.41, 5.74) is 7.27. The Hall–Kier alpha value is -2.64. The van der Waals surface area contributed by atoms with E-state index in [0.717, 1.165) is 12.1 Å². The fourth-order valence-electron chi connectivity index (χ4n) is 4.66. The quantitative estimate of drug-likeness (QED) is 0.768. The van der Waals surface area contributed by atoms with Gasteiger partial charge in [-0.05, 0) is 37.5 Å². The molecule has 1 aromatic heterocycles. The zero-order valence-corrected chi connectivity index (χ0v) is 17.7. The van der Waals surface area contributed by atoms with Gasteiger partial charge in [-0.1, -0.05) is 24.3 Å². The van der Waals surface area contributed by atoms with E-state index in [4.69, 9.17) is 5.73 Å². The third-order valence-corrected chi connectivity index (χ3v) is 6.01. The third-order valence-electron chi connectivity index (χ3n) is 6.01. The zero-order chi connectivity index (χ0) is 20.5. The molecule has 0 saturated carbocycles. The van der Waals surface area contributed by atoms with E-state index in [2.05, 4.69) is 5.32 Å². The van der Waals surface area contributed by atoms with Gasteiger partial charge >= 0.3 is 0 Å². The van der Waals surface area contributed by atoms with Crippen molar-refractivity contribution in [2.45, 2.75) is 31.3 Å². The van der Waals surface area contributed by atoms with Crippen molar-refractivity contribution in [1.29, 1.82) is 0 Å². The van der Waals surface area contributed by atoms with Crippen LogP contribution >= 0.6 is 12.4 Å². The molecule has 2 amide bonds. The Labute approximate surface area is 181 Å². The normalized spacial score (nSPS) is 23.0. The van der Waals surface area contributed by atoms with E-state index in [1.807, 2.05) is 33.7 Å². The highest BCUT2D eigenvalue weighted by Gasteiger charge is 2.42. The Balaban J connectivity index is 0.00000256. The van der Waals surface area contributed by atoms with Crippen LogP contribution in [0.4, 0.5) is 0 Å². The lowest BCUT2D eigenvalue weighted by Gasteiger charge is -2.47. The lowest BCUT2D eigenvalue weighted by molar-refractivity contribution is -0.135. The molecule has 1 aromatic carbocycles. The smallest absolute Gasteiger partial charge is 0.251 e. The number of likely N-dealkylation sites (tertiary alicyclic amines) is 1. The molecule has 3 N–H and O–H groups in total. The Bertz CT molecular complexity index is 976. The topological polar surface area (TPSA) is 97.4 Å². The highest BCUT2D eigenvalue weighted by atomic mass is 35.5. The molecular weight excluding hydrogens is 404 g/mol. The molecule has 0 unspecified atom stereocenters. The van der Waals surface area contributed by atoms with Crippen molar-refractivity contribution in [2.24, 2.45) is 11.7 Å². The highest BCUT2D eigenvalue weighted by Crippen LogP contribution is 2.40. The van der Waals surface area contributed by atoms with Crippen molar-refractivity contribution in [3.05, 3.63) is 70.1 Å². The van der Waals surface area contributed by atoms with E-state index in [1.54, 1.807) is 31.2 Å². The Morgan fingerprint density at radius 3 is 2.57 bits per heavy atom. The Morgan fingerprint density at radius 2 is 1.87 bits per heavy atom. The summed E-state index contributed by atoms with van der Waals surface area (Å²) in [5.74, 6) is -0.0531. The summed E-state index contributed by atoms with van der Waals surface area (Å²) >= 11 is 0. The maximum absolute atomic E-state index is 12.7. The molecule has 4 rings (SSSR count). The summed E-state index contributed by atoms with van der Waals surface area (Å²) in [5, 5.41) is 2.98. The van der Waals surface area contributed by atoms with E-state index in [0.29, 0.717) is 25.2 Å². The van der Waals surface area contributed by atoms with Crippen LogP contribution in [0, 0.1) is 5.92 Å². The number of hydrogen-bond acceptors (Lipinski definition) is 4. The van der Waals surface area contributed by atoms with Gasteiger partial charge < -0.3 is 20.5 Å². The van der Waals surface area contributed by atoms with Crippen molar-refractivity contribution in [2.75, 3.05) is 19.6 Å². The van der Waals surface area contributed by atoms with Gasteiger partial charge in [-0.15, -0.1) is 12.4 Å². The van der Waals surface area contributed by atoms with Crippen LogP contribution in [-0.2, 0) is 4.79 Å². The molecule has 0 radical (unpaired) electrons. The van der Waals surface area contributed by atoms with Gasteiger partial charge in [0.05, 0.1) is 12.1 Å². The number of nitrogens with two attached hydrogens (primary N) is 1. The standard InChI is InChI=1S/C22H26N4O3.ClH/c1-14(23)22(29)25-12-16-10-17(13-25)19(26-18(16)8-5-9-20(26)27)11-24-21(28)15-6-3-2-4-7-15;/h2-9,14,16-17,19H,10-13,23H2,1H3,(H,24,28);1H/t14-,16+,17-,19-;/m0./s1. The molecule has 2 aliphatic heterocycles. The molecule has 2 aromatic rings. The van der Waals surface area contributed by atoms with E-state index in [9.17, 15) is 14.4 Å². The zero-order valence-electron chi connectivity index (χ0n) is 16.9. The average Bonchev–Trinajstić information content (AvgIpc) is 2.73. The first kappa shape index (κ1) is 22.1. The average molecular weight is 431 g/mol. The molecule has 2 bridgehead atoms. The maximum Gasteiger partial charge on any atom is 0.251 e. The number of aromatic nitrogens is 1. The second kappa shape index (κ2) is 9.02. The monoisotopic (exact) mass is 430 g/mol. The number of pyridine rings is 1. The number of benzene rings is 1. The fourth-order valence-corrected chi connectivity index (χ4v) is 4.66. The summed E-state index contributed by atoms with van der Waals surface area (Å²) in [7, 11) is 0. The first-order valence-corrected chi connectivity index (χ1v) is 10.0. The van der Waals surface area contributed by atoms with Crippen molar-refractivity contribution in [1.82, 2.24) is 14.8 Å². The second-order valence-electron chi connectivity index (χ2n) is 8.03. The number of halogens is 1. The number of carbonyl (C=O) groups excluding carboxylic acids is 2. The highest BCUT2D eigenvalue weighted by molar-refractivity contribution is 5.94. The van der Waals surface area contributed by atoms with Gasteiger partial charge in [0.2, 0.25) is 5.91 Å². The van der Waals surface area contributed by atoms with Crippen LogP contribution < -0.4 is 16.6 Å². The van der Waals surface area contributed by atoms with Crippen LogP contribution in [0.15, 0.2) is 53.3 Å². The number of hydrogen-bond donors (Lipinski definition) is 2. The molecule has 0 aliphatic carbocycles. The van der Waals surface area contributed by atoms with Crippen LogP contribution in [0.1, 0.15) is 41.4 Å². The second-order valence-corrected chi connectivity index (χ2v) is 8.03. The minimum absolute atomic E-state index is 0. The molecule has 30 heavy (non-hydrogen) atoms. The lowest BCUT2D eigenvalue weighted by Crippen LogP contribution is -2.55. The molecule has 8 heteroatoms. The van der Waals surface area contributed by atoms with Crippen molar-refractivity contribution < 1.29 is 9.59 Å². The number of carbonyl (C=O) groups is 2. The SMILES string of the molecule is C[C@H](N)C(=O)N1C[C@H]2C[C@@H](C1)[C@H](CNC(=O)c1ccccc1)n1c2cccc1=O.Cl. The largest absolute Gasteiger partial charge is 0.350 e. The number of amides is 2. The predicted octanol–water partition coefficient (Wildman–Crippen LogP) is 1.53. The number of rotatable bonds is 4. The molecule has 160 valence electrons. The van der Waals surface area contributed by atoms with Crippen molar-refractivity contribution in [3.63, 3.8) is 0 Å². The van der Waals surface area contributed by atoms with E-state index in [-0.39, 0.29) is 47.7 Å². The molecule has 0 spiro atoms. The number of nitrogens with zero attached hydrogens (tertiary/aromatic N) is 2. The summed E-state index contributed by atoms with van der Waals surface area (Å²) in [6.07, 6.45) is 0.887. The molecule has 4 atom stereocenters. The van der Waals surface area contributed by atoms with Gasteiger partial charge in [0, 0.05) is 42.9 Å². The molecule has 3 heterocycles. The number of nitrogens with one attached hydrogen (secondary N) is 1. The molecule has 1 saturated heterocycles. The Kier molecular flexibility index (Phi) is 6.63. The maximum atomic E-state index is 12.7. The number of piperidine rings is 1. The van der Waals surface area contributed by atoms with Gasteiger partial charge in [-0.3, -0.25) is 14.4 Å². The van der Waals surface area contributed by atoms with Crippen molar-refractivity contribution in [3.8, 4) is 0 Å². The molecule has 7 nitrogen and oxygen atoms in total. The summed E-state index contributed by atoms with van der Waals surface area (Å²) in [4.78, 5) is 39.6. The lowest BCUT2D eigenvalue weighted by atomic mass is 9.78. The summed E-state index contributed by atoms with van der Waals surface area (Å²) in [6, 6.07) is 13.5. The first-order valence-electron chi connectivity index (χ1n) is 10.0. The van der Waals surface area contributed by atoms with E-state index >= 15 is 0 Å². The van der Waals surface area contributed by atoms with Crippen LogP contribution in [-0.4, -0.2) is 47.0 Å². The van der Waals surface area contributed by atoms with Crippen LogP contribution in [0.2, 0.25) is 0 Å². The molecule has 2 aliphatic rings. The van der Waals surface area contributed by atoms with Crippen molar-refractivity contribution >= 4 is 24.2 Å². The molecule has 1 fully saturated rings. The van der Waals surface area contributed by atoms with Gasteiger partial charge in [-0.25, -0.2) is 0 Å². The minimum Gasteiger partial charge on any atom is -0.350 e.